The molecule has 0 saturated carbocycles. The van der Waals surface area contributed by atoms with Gasteiger partial charge in [0.1, 0.15) is 0 Å². The molecule has 1 heteroatoms. The minimum atomic E-state index is 1.01. The molecule has 0 aromatic carbocycles. The van der Waals surface area contributed by atoms with Crippen LogP contribution in [0.4, 0.5) is 0 Å². The van der Waals surface area contributed by atoms with Gasteiger partial charge >= 0.3 is 0 Å². The molecular weight excluding hydrogens is 82.9 g/mol. The van der Waals surface area contributed by atoms with E-state index in [9.17, 15) is 0 Å². The first-order chi connectivity index (χ1) is 3.41. The average Bonchev–Trinajstić information content (AvgIpc) is 1.69. The summed E-state index contributed by atoms with van der Waals surface area (Å²) in [6.45, 7) is 2.16. The van der Waals surface area contributed by atoms with E-state index in [4.69, 9.17) is 0 Å². The molecule has 0 nitrogen and oxygen atoms in total. The maximum Gasteiger partial charge on any atom is 0.194 e. The van der Waals surface area contributed by atoms with Crippen LogP contribution in [0.25, 0.3) is 0 Å². The van der Waals surface area contributed by atoms with Crippen LogP contribution in [0.15, 0.2) is 0 Å². The summed E-state index contributed by atoms with van der Waals surface area (Å²) >= 11 is 0. The molecule has 0 bridgehead atoms. The molecule has 37 valence electrons. The molecule has 0 amide bonds. The van der Waals surface area contributed by atoms with Gasteiger partial charge in [-0.2, -0.15) is 5.82 Å². The maximum absolute atomic E-state index is 3.40. The van der Waals surface area contributed by atoms with Gasteiger partial charge in [0.05, 0.1) is 0 Å². The van der Waals surface area contributed by atoms with Gasteiger partial charge in [-0.3, -0.25) is 0 Å². The second-order valence-electron chi connectivity index (χ2n) is 1.46. The third-order valence-corrected chi connectivity index (χ3v) is 0.780. The van der Waals surface area contributed by atoms with Crippen molar-refractivity contribution in [2.24, 2.45) is 0 Å². The van der Waals surface area contributed by atoms with Crippen LogP contribution in [0.5, 0.6) is 0 Å². The van der Waals surface area contributed by atoms with Gasteiger partial charge in [-0.25, -0.2) is 0 Å². The molecule has 0 heterocycles. The van der Waals surface area contributed by atoms with E-state index < -0.39 is 0 Å². The number of hydrogen-bond donors (Lipinski definition) is 0. The van der Waals surface area contributed by atoms with Crippen LogP contribution in [0.3, 0.4) is 0 Å². The van der Waals surface area contributed by atoms with E-state index in [1.54, 1.807) is 0 Å². The van der Waals surface area contributed by atoms with Crippen molar-refractivity contribution in [3.63, 3.8) is 0 Å². The summed E-state index contributed by atoms with van der Waals surface area (Å²) in [6.07, 6.45) is 3.46. The van der Waals surface area contributed by atoms with Crippen LogP contribution < -0.4 is 0 Å². The van der Waals surface area contributed by atoms with Gasteiger partial charge in [-0.1, -0.05) is 13.3 Å². The summed E-state index contributed by atoms with van der Waals surface area (Å²) < 4.78 is 0. The van der Waals surface area contributed by atoms with Crippen molar-refractivity contribution < 1.29 is 0 Å². The van der Waals surface area contributed by atoms with Crippen molar-refractivity contribution in [1.29, 1.82) is 0 Å². The van der Waals surface area contributed by atoms with E-state index in [0.717, 1.165) is 6.42 Å². The first-order valence-electron chi connectivity index (χ1n) is 2.66. The Morgan fingerprint density at radius 3 is 2.71 bits per heavy atom. The van der Waals surface area contributed by atoms with Crippen molar-refractivity contribution >= 4 is 7.85 Å². The Balaban J connectivity index is 2.78. The van der Waals surface area contributed by atoms with Crippen molar-refractivity contribution in [1.82, 2.24) is 0 Å². The molecule has 7 heavy (non-hydrogen) atoms. The predicted molar refractivity (Wildman–Crippen MR) is 34.4 cm³/mol. The van der Waals surface area contributed by atoms with Crippen molar-refractivity contribution in [2.75, 3.05) is 0 Å². The zero-order chi connectivity index (χ0) is 5.54. The first-order valence-corrected chi connectivity index (χ1v) is 2.66. The Bertz CT molecular complexity index is 75.9. The molecule has 0 N–H and O–H groups in total. The van der Waals surface area contributed by atoms with Crippen LogP contribution in [0.2, 0.25) is 0 Å². The van der Waals surface area contributed by atoms with E-state index in [0.29, 0.717) is 0 Å². The lowest BCUT2D eigenvalue weighted by Crippen LogP contribution is -1.65. The first kappa shape index (κ1) is 6.62. The summed E-state index contributed by atoms with van der Waals surface area (Å²) in [6, 6.07) is 0. The Morgan fingerprint density at radius 1 is 1.57 bits per heavy atom. The van der Waals surface area contributed by atoms with E-state index in [2.05, 4.69) is 26.5 Å². The van der Waals surface area contributed by atoms with Crippen LogP contribution in [-0.2, 0) is 0 Å². The Labute approximate surface area is 46.7 Å². The molecule has 0 aromatic heterocycles. The summed E-state index contributed by atoms with van der Waals surface area (Å²) in [5.74, 6) is 5.49. The van der Waals surface area contributed by atoms with Gasteiger partial charge < -0.3 is 0 Å². The standard InChI is InChI=1S/C6H10B/c1-2-3-4-5-6-7/h7H,2-4H2,1H3. The zero-order valence-electron chi connectivity index (χ0n) is 4.83. The Morgan fingerprint density at radius 2 is 2.29 bits per heavy atom. The van der Waals surface area contributed by atoms with E-state index in [-0.39, 0.29) is 0 Å². The predicted octanol–water partition coefficient (Wildman–Crippen LogP) is 1.04. The van der Waals surface area contributed by atoms with Crippen molar-refractivity contribution in [2.45, 2.75) is 26.2 Å². The molecule has 0 aliphatic rings. The zero-order valence-corrected chi connectivity index (χ0v) is 4.83. The molecule has 0 aromatic rings. The second kappa shape index (κ2) is 5.62. The second-order valence-corrected chi connectivity index (χ2v) is 1.46. The summed E-state index contributed by atoms with van der Waals surface area (Å²) in [5.41, 5.74) is 0. The lowest BCUT2D eigenvalue weighted by Gasteiger charge is -1.80. The highest BCUT2D eigenvalue weighted by molar-refractivity contribution is 6.22. The lowest BCUT2D eigenvalue weighted by molar-refractivity contribution is 0.828. The quantitative estimate of drug-likeness (QED) is 0.272. The molecule has 0 unspecified atom stereocenters. The fourth-order valence-corrected chi connectivity index (χ4v) is 0.354. The number of rotatable bonds is 2. The van der Waals surface area contributed by atoms with Gasteiger partial charge in [0, 0.05) is 6.42 Å². The number of hydrogen-bond acceptors (Lipinski definition) is 0. The fourth-order valence-electron chi connectivity index (χ4n) is 0.354. The van der Waals surface area contributed by atoms with Gasteiger partial charge in [0.15, 0.2) is 7.85 Å². The maximum atomic E-state index is 3.40. The normalized spacial score (nSPS) is 7.00. The van der Waals surface area contributed by atoms with Crippen LogP contribution >= 0.6 is 0 Å². The van der Waals surface area contributed by atoms with Gasteiger partial charge in [0.2, 0.25) is 0 Å². The van der Waals surface area contributed by atoms with E-state index in [1.165, 1.54) is 12.8 Å². The highest BCUT2D eigenvalue weighted by Crippen LogP contribution is 1.89. The topological polar surface area (TPSA) is 0 Å². The lowest BCUT2D eigenvalue weighted by atomic mass is 10.1. The molecule has 0 spiro atoms. The van der Waals surface area contributed by atoms with Gasteiger partial charge in [-0.15, -0.1) is 5.92 Å². The minimum Gasteiger partial charge on any atom is -0.168 e. The molecule has 0 saturated heterocycles. The summed E-state index contributed by atoms with van der Waals surface area (Å²) in [5, 5.41) is 0. The molecule has 0 aliphatic heterocycles. The van der Waals surface area contributed by atoms with E-state index in [1.807, 2.05) is 0 Å². The van der Waals surface area contributed by atoms with E-state index >= 15 is 0 Å². The molecule has 1 radical (unpaired) electrons. The Kier molecular flexibility index (Phi) is 5.32. The average molecular weight is 93.0 g/mol. The van der Waals surface area contributed by atoms with Crippen molar-refractivity contribution in [3.8, 4) is 11.7 Å². The van der Waals surface area contributed by atoms with Crippen LogP contribution in [-0.4, -0.2) is 7.85 Å². The molecule has 0 fully saturated rings. The SMILES string of the molecule is [BH]C#CCCCC. The summed E-state index contributed by atoms with van der Waals surface area (Å²) in [7, 11) is 3.40. The molecule has 0 aliphatic carbocycles. The monoisotopic (exact) mass is 93.1 g/mol. The van der Waals surface area contributed by atoms with Gasteiger partial charge in [0.25, 0.3) is 0 Å². The minimum absolute atomic E-state index is 1.01. The van der Waals surface area contributed by atoms with Crippen LogP contribution in [0.1, 0.15) is 26.2 Å². The smallest absolute Gasteiger partial charge is 0.168 e. The fraction of sp³-hybridized carbons (Fsp3) is 0.667. The van der Waals surface area contributed by atoms with Crippen molar-refractivity contribution in [3.05, 3.63) is 0 Å². The third kappa shape index (κ3) is 5.62. The highest BCUT2D eigenvalue weighted by atomic mass is 13.8. The highest BCUT2D eigenvalue weighted by Gasteiger charge is 1.72. The Hall–Kier alpha value is -0.375. The molecule has 0 rings (SSSR count). The van der Waals surface area contributed by atoms with Gasteiger partial charge in [-0.05, 0) is 6.42 Å². The summed E-state index contributed by atoms with van der Waals surface area (Å²) in [4.78, 5) is 0. The molecule has 0 atom stereocenters. The molecular formula is C6H10B. The third-order valence-electron chi connectivity index (χ3n) is 0.780. The number of unbranched alkanes of at least 4 members (excludes halogenated alkanes) is 2. The largest absolute Gasteiger partial charge is 0.194 e. The van der Waals surface area contributed by atoms with Crippen LogP contribution in [0, 0.1) is 11.7 Å².